The molecule has 0 atom stereocenters. The fraction of sp³-hybridized carbons (Fsp3) is 0. The monoisotopic (exact) mass is 742 g/mol. The van der Waals surface area contributed by atoms with Crippen molar-refractivity contribution in [3.05, 3.63) is 182 Å². The second kappa shape index (κ2) is 11.7. The predicted molar refractivity (Wildman–Crippen MR) is 236 cm³/mol. The summed E-state index contributed by atoms with van der Waals surface area (Å²) in [6, 6.07) is 63.6. The summed E-state index contributed by atoms with van der Waals surface area (Å²) in [4.78, 5) is 16.3. The summed E-state index contributed by atoms with van der Waals surface area (Å²) in [5.41, 5.74) is 9.81. The van der Waals surface area contributed by atoms with E-state index < -0.39 is 0 Å². The van der Waals surface area contributed by atoms with Crippen molar-refractivity contribution in [3.8, 4) is 29.0 Å². The van der Waals surface area contributed by atoms with Gasteiger partial charge in [-0.05, 0) is 60.7 Å². The maximum atomic E-state index is 6.47. The molecule has 0 N–H and O–H groups in total. The normalized spacial score (nSPS) is 12.1. The Hall–Kier alpha value is -8.03. The van der Waals surface area contributed by atoms with Crippen LogP contribution in [-0.2, 0) is 0 Å². The highest BCUT2D eigenvalue weighted by atomic mass is 16.3. The molecule has 0 aliphatic carbocycles. The number of benzene rings is 8. The largest absolute Gasteiger partial charge is 0.456 e. The maximum Gasteiger partial charge on any atom is 0.240 e. The van der Waals surface area contributed by atoms with Crippen molar-refractivity contribution in [2.75, 3.05) is 0 Å². The lowest BCUT2D eigenvalue weighted by Gasteiger charge is -2.16. The van der Waals surface area contributed by atoms with E-state index in [-0.39, 0.29) is 0 Å². The fourth-order valence-electron chi connectivity index (χ4n) is 9.32. The zero-order chi connectivity index (χ0) is 37.9. The zero-order valence-corrected chi connectivity index (χ0v) is 30.9. The average Bonchev–Trinajstić information content (AvgIpc) is 4.02. The molecule has 0 saturated heterocycles. The van der Waals surface area contributed by atoms with E-state index in [1.54, 1.807) is 0 Å². The molecule has 0 unspecified atom stereocenters. The number of fused-ring (bicyclic) bond motifs is 13. The van der Waals surface area contributed by atoms with Crippen LogP contribution in [0.4, 0.5) is 0 Å². The molecule has 0 fully saturated rings. The van der Waals surface area contributed by atoms with Crippen molar-refractivity contribution in [1.29, 1.82) is 0 Å². The Morgan fingerprint density at radius 1 is 0.328 bits per heavy atom. The standard InChI is InChI=1S/C51H30N6O/c1-9-23-40-31(15-1)32-16-2-10-24-41(32)56(40)50-52-49(53-51(54-50)57-42-25-11-3-17-33(42)34-18-4-12-26-43(34)57)37-20-6-13-27-44(37)55-39-22-8-5-19-35(39)36-29-30-46-47(48(36)55)38-21-7-14-28-45(38)58-46/h1-30H. The van der Waals surface area contributed by atoms with Gasteiger partial charge in [0.2, 0.25) is 11.9 Å². The molecule has 0 saturated carbocycles. The van der Waals surface area contributed by atoms with Crippen molar-refractivity contribution < 1.29 is 4.42 Å². The van der Waals surface area contributed by atoms with Crippen molar-refractivity contribution in [3.63, 3.8) is 0 Å². The molecule has 7 nitrogen and oxygen atoms in total. The summed E-state index contributed by atoms with van der Waals surface area (Å²) in [6.07, 6.45) is 0. The van der Waals surface area contributed by atoms with Crippen LogP contribution in [0.25, 0.3) is 116 Å². The van der Waals surface area contributed by atoms with E-state index in [0.717, 1.165) is 98.6 Å². The first-order valence-corrected chi connectivity index (χ1v) is 19.5. The Morgan fingerprint density at radius 2 is 0.759 bits per heavy atom. The lowest BCUT2D eigenvalue weighted by molar-refractivity contribution is 0.669. The SMILES string of the molecule is c1ccc(-n2c3ccccc3c3ccc4oc5ccccc5c4c32)c(-c2nc(-n3c4ccccc4c4ccccc43)nc(-n3c4ccccc4c4ccccc43)n2)c1. The first kappa shape index (κ1) is 31.2. The van der Waals surface area contributed by atoms with E-state index in [2.05, 4.69) is 184 Å². The molecule has 8 aromatic carbocycles. The summed E-state index contributed by atoms with van der Waals surface area (Å²) < 4.78 is 13.2. The number of nitrogens with zero attached hydrogens (tertiary/aromatic N) is 6. The maximum absolute atomic E-state index is 6.47. The third-order valence-electron chi connectivity index (χ3n) is 11.7. The molecule has 0 aliphatic rings. The number of rotatable bonds is 4. The van der Waals surface area contributed by atoms with Crippen LogP contribution in [0.3, 0.4) is 0 Å². The molecule has 5 heterocycles. The van der Waals surface area contributed by atoms with Crippen LogP contribution in [0, 0.1) is 0 Å². The molecule has 13 aromatic rings. The number of hydrogen-bond donors (Lipinski definition) is 0. The van der Waals surface area contributed by atoms with Crippen LogP contribution in [0.5, 0.6) is 0 Å². The van der Waals surface area contributed by atoms with Gasteiger partial charge in [0.05, 0.1) is 44.2 Å². The van der Waals surface area contributed by atoms with Gasteiger partial charge >= 0.3 is 0 Å². The van der Waals surface area contributed by atoms with E-state index >= 15 is 0 Å². The third-order valence-corrected chi connectivity index (χ3v) is 11.7. The Bertz CT molecular complexity index is 3590. The van der Waals surface area contributed by atoms with Crippen molar-refractivity contribution >= 4 is 87.4 Å². The summed E-state index contributed by atoms with van der Waals surface area (Å²) in [7, 11) is 0. The smallest absolute Gasteiger partial charge is 0.240 e. The van der Waals surface area contributed by atoms with Gasteiger partial charge < -0.3 is 8.98 Å². The van der Waals surface area contributed by atoms with E-state index in [1.807, 2.05) is 12.1 Å². The first-order valence-electron chi connectivity index (χ1n) is 19.5. The third kappa shape index (κ3) is 4.24. The number of para-hydroxylation sites is 7. The predicted octanol–water partition coefficient (Wildman–Crippen LogP) is 12.7. The summed E-state index contributed by atoms with van der Waals surface area (Å²) >= 11 is 0. The minimum absolute atomic E-state index is 0.541. The fourth-order valence-corrected chi connectivity index (χ4v) is 9.32. The van der Waals surface area contributed by atoms with Crippen LogP contribution < -0.4 is 0 Å². The topological polar surface area (TPSA) is 66.6 Å². The molecule has 13 rings (SSSR count). The summed E-state index contributed by atoms with van der Waals surface area (Å²) in [6.45, 7) is 0. The van der Waals surface area contributed by atoms with Gasteiger partial charge in [-0.15, -0.1) is 0 Å². The molecule has 7 heteroatoms. The Labute approximate surface area is 330 Å². The van der Waals surface area contributed by atoms with Gasteiger partial charge in [-0.1, -0.05) is 121 Å². The van der Waals surface area contributed by atoms with Crippen LogP contribution in [0.15, 0.2) is 186 Å². The van der Waals surface area contributed by atoms with Crippen molar-refractivity contribution in [1.82, 2.24) is 28.7 Å². The summed E-state index contributed by atoms with van der Waals surface area (Å²) in [5, 5.41) is 9.02. The van der Waals surface area contributed by atoms with Crippen LogP contribution >= 0.6 is 0 Å². The lowest BCUT2D eigenvalue weighted by atomic mass is 10.1. The van der Waals surface area contributed by atoms with Gasteiger partial charge in [0, 0.05) is 43.3 Å². The van der Waals surface area contributed by atoms with E-state index in [1.165, 1.54) is 0 Å². The Kier molecular flexibility index (Phi) is 6.32. The van der Waals surface area contributed by atoms with Gasteiger partial charge in [0.15, 0.2) is 5.82 Å². The molecule has 58 heavy (non-hydrogen) atoms. The van der Waals surface area contributed by atoms with Gasteiger partial charge in [-0.25, -0.2) is 0 Å². The minimum Gasteiger partial charge on any atom is -0.456 e. The molecule has 0 spiro atoms. The second-order valence-electron chi connectivity index (χ2n) is 14.8. The quantitative estimate of drug-likeness (QED) is 0.180. The average molecular weight is 743 g/mol. The number of aromatic nitrogens is 6. The molecule has 0 bridgehead atoms. The second-order valence-corrected chi connectivity index (χ2v) is 14.8. The van der Waals surface area contributed by atoms with Gasteiger partial charge in [-0.2, -0.15) is 15.0 Å². The van der Waals surface area contributed by atoms with Crippen molar-refractivity contribution in [2.45, 2.75) is 0 Å². The molecular weight excluding hydrogens is 713 g/mol. The number of hydrogen-bond acceptors (Lipinski definition) is 4. The number of furan rings is 1. The molecule has 270 valence electrons. The molecule has 5 aromatic heterocycles. The van der Waals surface area contributed by atoms with Crippen LogP contribution in [0.2, 0.25) is 0 Å². The molecule has 0 radical (unpaired) electrons. The highest BCUT2D eigenvalue weighted by Gasteiger charge is 2.24. The zero-order valence-electron chi connectivity index (χ0n) is 30.9. The Balaban J connectivity index is 1.17. The Morgan fingerprint density at radius 3 is 1.31 bits per heavy atom. The van der Waals surface area contributed by atoms with Gasteiger partial charge in [0.1, 0.15) is 11.2 Å². The van der Waals surface area contributed by atoms with Crippen LogP contribution in [0.1, 0.15) is 0 Å². The van der Waals surface area contributed by atoms with Gasteiger partial charge in [-0.3, -0.25) is 9.13 Å². The molecule has 0 amide bonds. The van der Waals surface area contributed by atoms with E-state index in [9.17, 15) is 0 Å². The first-order chi connectivity index (χ1) is 28.8. The van der Waals surface area contributed by atoms with Gasteiger partial charge in [0.25, 0.3) is 0 Å². The van der Waals surface area contributed by atoms with Crippen molar-refractivity contribution in [2.24, 2.45) is 0 Å². The van der Waals surface area contributed by atoms with Crippen LogP contribution in [-0.4, -0.2) is 28.7 Å². The highest BCUT2D eigenvalue weighted by Crippen LogP contribution is 2.43. The van der Waals surface area contributed by atoms with E-state index in [4.69, 9.17) is 19.4 Å². The summed E-state index contributed by atoms with van der Waals surface area (Å²) in [5.74, 6) is 1.65. The molecular formula is C51H30N6O. The highest BCUT2D eigenvalue weighted by molar-refractivity contribution is 6.24. The van der Waals surface area contributed by atoms with E-state index in [0.29, 0.717) is 17.7 Å². The molecule has 0 aliphatic heterocycles. The lowest BCUT2D eigenvalue weighted by Crippen LogP contribution is -2.11. The minimum atomic E-state index is 0.541.